The van der Waals surface area contributed by atoms with Crippen molar-refractivity contribution in [1.29, 1.82) is 0 Å². The first kappa shape index (κ1) is 17.2. The fourth-order valence-corrected chi connectivity index (χ4v) is 3.02. The quantitative estimate of drug-likeness (QED) is 0.798. The lowest BCUT2D eigenvalue weighted by molar-refractivity contribution is -0.132. The zero-order valence-corrected chi connectivity index (χ0v) is 15.0. The SMILES string of the molecule is CCN(CC)C(=O)CN1CCCN(c2ccc(Br)cn2)CC1. The molecule has 0 N–H and O–H groups in total. The van der Waals surface area contributed by atoms with Gasteiger partial charge in [-0.25, -0.2) is 4.98 Å². The third kappa shape index (κ3) is 4.68. The van der Waals surface area contributed by atoms with Crippen LogP contribution in [0, 0.1) is 0 Å². The summed E-state index contributed by atoms with van der Waals surface area (Å²) >= 11 is 3.42. The summed E-state index contributed by atoms with van der Waals surface area (Å²) in [5, 5.41) is 0. The van der Waals surface area contributed by atoms with Crippen LogP contribution in [0.4, 0.5) is 5.82 Å². The van der Waals surface area contributed by atoms with E-state index in [2.05, 4.69) is 30.7 Å². The van der Waals surface area contributed by atoms with E-state index >= 15 is 0 Å². The van der Waals surface area contributed by atoms with Gasteiger partial charge in [-0.1, -0.05) is 0 Å². The molecule has 2 rings (SSSR count). The number of aromatic nitrogens is 1. The van der Waals surface area contributed by atoms with Crippen molar-refractivity contribution in [3.05, 3.63) is 22.8 Å². The van der Waals surface area contributed by atoms with Crippen LogP contribution in [0.15, 0.2) is 22.8 Å². The molecule has 0 bridgehead atoms. The maximum atomic E-state index is 12.2. The summed E-state index contributed by atoms with van der Waals surface area (Å²) in [6.45, 7) is 9.96. The number of anilines is 1. The summed E-state index contributed by atoms with van der Waals surface area (Å²) in [5.74, 6) is 1.25. The van der Waals surface area contributed by atoms with Crippen molar-refractivity contribution in [3.8, 4) is 0 Å². The molecule has 1 aromatic rings. The van der Waals surface area contributed by atoms with E-state index in [9.17, 15) is 4.79 Å². The Morgan fingerprint density at radius 3 is 2.64 bits per heavy atom. The zero-order chi connectivity index (χ0) is 15.9. The molecule has 6 heteroatoms. The molecular formula is C16H25BrN4O. The molecule has 0 aromatic carbocycles. The van der Waals surface area contributed by atoms with Gasteiger partial charge in [0.15, 0.2) is 0 Å². The van der Waals surface area contributed by atoms with Crippen molar-refractivity contribution in [3.63, 3.8) is 0 Å². The van der Waals surface area contributed by atoms with E-state index in [0.717, 1.165) is 56.0 Å². The number of likely N-dealkylation sites (N-methyl/N-ethyl adjacent to an activating group) is 1. The third-order valence-electron chi connectivity index (χ3n) is 4.10. The number of amides is 1. The van der Waals surface area contributed by atoms with Gasteiger partial charge in [0.1, 0.15) is 5.82 Å². The molecule has 2 heterocycles. The van der Waals surface area contributed by atoms with Crippen molar-refractivity contribution >= 4 is 27.7 Å². The predicted molar refractivity (Wildman–Crippen MR) is 93.1 cm³/mol. The Balaban J connectivity index is 1.89. The molecule has 0 unspecified atom stereocenters. The van der Waals surface area contributed by atoms with E-state index in [0.29, 0.717) is 6.54 Å². The first-order chi connectivity index (χ1) is 10.6. The van der Waals surface area contributed by atoms with Gasteiger partial charge in [-0.15, -0.1) is 0 Å². The normalized spacial score (nSPS) is 16.4. The van der Waals surface area contributed by atoms with Crippen LogP contribution >= 0.6 is 15.9 Å². The van der Waals surface area contributed by atoms with E-state index in [4.69, 9.17) is 0 Å². The van der Waals surface area contributed by atoms with Crippen molar-refractivity contribution in [2.45, 2.75) is 20.3 Å². The van der Waals surface area contributed by atoms with Gasteiger partial charge in [-0.2, -0.15) is 0 Å². The first-order valence-corrected chi connectivity index (χ1v) is 8.80. The van der Waals surface area contributed by atoms with Gasteiger partial charge in [0, 0.05) is 49.9 Å². The molecule has 0 atom stereocenters. The number of hydrogen-bond donors (Lipinski definition) is 0. The summed E-state index contributed by atoms with van der Waals surface area (Å²) in [6.07, 6.45) is 2.89. The number of carbonyl (C=O) groups excluding carboxylic acids is 1. The van der Waals surface area contributed by atoms with Crippen LogP contribution in [0.3, 0.4) is 0 Å². The Hall–Kier alpha value is -1.14. The highest BCUT2D eigenvalue weighted by Crippen LogP contribution is 2.16. The van der Waals surface area contributed by atoms with E-state index in [1.807, 2.05) is 37.1 Å². The van der Waals surface area contributed by atoms with Gasteiger partial charge < -0.3 is 9.80 Å². The molecule has 1 fully saturated rings. The zero-order valence-electron chi connectivity index (χ0n) is 13.5. The molecule has 0 spiro atoms. The second kappa shape index (κ2) is 8.48. The average Bonchev–Trinajstić information content (AvgIpc) is 2.75. The Morgan fingerprint density at radius 1 is 1.23 bits per heavy atom. The Bertz CT molecular complexity index is 476. The second-order valence-corrected chi connectivity index (χ2v) is 6.43. The summed E-state index contributed by atoms with van der Waals surface area (Å²) < 4.78 is 0.998. The van der Waals surface area contributed by atoms with E-state index < -0.39 is 0 Å². The minimum Gasteiger partial charge on any atom is -0.355 e. The second-order valence-electron chi connectivity index (χ2n) is 5.52. The molecular weight excluding hydrogens is 344 g/mol. The van der Waals surface area contributed by atoms with Crippen molar-refractivity contribution in [2.75, 3.05) is 50.7 Å². The number of carbonyl (C=O) groups is 1. The van der Waals surface area contributed by atoms with Gasteiger partial charge in [0.25, 0.3) is 0 Å². The Kier molecular flexibility index (Phi) is 6.64. The van der Waals surface area contributed by atoms with Crippen molar-refractivity contribution in [2.24, 2.45) is 0 Å². The fourth-order valence-electron chi connectivity index (χ4n) is 2.78. The molecule has 5 nitrogen and oxygen atoms in total. The van der Waals surface area contributed by atoms with Crippen LogP contribution in [-0.4, -0.2) is 66.5 Å². The van der Waals surface area contributed by atoms with E-state index in [-0.39, 0.29) is 5.91 Å². The number of halogens is 1. The van der Waals surface area contributed by atoms with Crippen LogP contribution < -0.4 is 4.90 Å². The van der Waals surface area contributed by atoms with Crippen LogP contribution in [-0.2, 0) is 4.79 Å². The van der Waals surface area contributed by atoms with E-state index in [1.54, 1.807) is 0 Å². The lowest BCUT2D eigenvalue weighted by Crippen LogP contribution is -2.41. The third-order valence-corrected chi connectivity index (χ3v) is 4.57. The molecule has 122 valence electrons. The first-order valence-electron chi connectivity index (χ1n) is 8.00. The molecule has 1 aliphatic heterocycles. The highest BCUT2D eigenvalue weighted by molar-refractivity contribution is 9.10. The fraction of sp³-hybridized carbons (Fsp3) is 0.625. The van der Waals surface area contributed by atoms with Crippen LogP contribution in [0.1, 0.15) is 20.3 Å². The maximum Gasteiger partial charge on any atom is 0.236 e. The molecule has 22 heavy (non-hydrogen) atoms. The Labute approximate surface area is 141 Å². The van der Waals surface area contributed by atoms with Crippen LogP contribution in [0.25, 0.3) is 0 Å². The highest BCUT2D eigenvalue weighted by atomic mass is 79.9. The van der Waals surface area contributed by atoms with Gasteiger partial charge in [0.2, 0.25) is 5.91 Å². The number of nitrogens with zero attached hydrogens (tertiary/aromatic N) is 4. The van der Waals surface area contributed by atoms with E-state index in [1.165, 1.54) is 0 Å². The number of rotatable bonds is 5. The average molecular weight is 369 g/mol. The van der Waals surface area contributed by atoms with Crippen LogP contribution in [0.2, 0.25) is 0 Å². The minimum absolute atomic E-state index is 0.236. The number of pyridine rings is 1. The largest absolute Gasteiger partial charge is 0.355 e. The summed E-state index contributed by atoms with van der Waals surface area (Å²) in [7, 11) is 0. The standard InChI is InChI=1S/C16H25BrN4O/c1-3-20(4-2)16(22)13-19-8-5-9-21(11-10-19)15-7-6-14(17)12-18-15/h6-7,12H,3-5,8-11,13H2,1-2H3. The maximum absolute atomic E-state index is 12.2. The number of hydrogen-bond acceptors (Lipinski definition) is 4. The molecule has 1 aliphatic rings. The van der Waals surface area contributed by atoms with Gasteiger partial charge in [-0.3, -0.25) is 9.69 Å². The molecule has 1 saturated heterocycles. The summed E-state index contributed by atoms with van der Waals surface area (Å²) in [4.78, 5) is 23.2. The van der Waals surface area contributed by atoms with Gasteiger partial charge >= 0.3 is 0 Å². The minimum atomic E-state index is 0.236. The summed E-state index contributed by atoms with van der Waals surface area (Å²) in [5.41, 5.74) is 0. The Morgan fingerprint density at radius 2 is 2.00 bits per heavy atom. The monoisotopic (exact) mass is 368 g/mol. The molecule has 1 amide bonds. The van der Waals surface area contributed by atoms with Crippen molar-refractivity contribution < 1.29 is 4.79 Å². The molecule has 0 radical (unpaired) electrons. The molecule has 1 aromatic heterocycles. The smallest absolute Gasteiger partial charge is 0.236 e. The van der Waals surface area contributed by atoms with Gasteiger partial charge in [-0.05, 0) is 48.3 Å². The molecule has 0 aliphatic carbocycles. The van der Waals surface area contributed by atoms with Crippen molar-refractivity contribution in [1.82, 2.24) is 14.8 Å². The summed E-state index contributed by atoms with van der Waals surface area (Å²) in [6, 6.07) is 4.07. The van der Waals surface area contributed by atoms with Crippen LogP contribution in [0.5, 0.6) is 0 Å². The molecule has 0 saturated carbocycles. The topological polar surface area (TPSA) is 39.7 Å². The van der Waals surface area contributed by atoms with Gasteiger partial charge in [0.05, 0.1) is 6.54 Å². The highest BCUT2D eigenvalue weighted by Gasteiger charge is 2.19. The lowest BCUT2D eigenvalue weighted by atomic mass is 10.3. The predicted octanol–water partition coefficient (Wildman–Crippen LogP) is 2.22. The lowest BCUT2D eigenvalue weighted by Gasteiger charge is -2.25.